The quantitative estimate of drug-likeness (QED) is 0.456. The Morgan fingerprint density at radius 3 is 2.65 bits per heavy atom. The second-order valence-corrected chi connectivity index (χ2v) is 7.68. The second-order valence-electron chi connectivity index (χ2n) is 7.68. The predicted octanol–water partition coefficient (Wildman–Crippen LogP) is 5.17. The van der Waals surface area contributed by atoms with Crippen LogP contribution in [0.1, 0.15) is 35.4 Å². The maximum atomic E-state index is 13.8. The number of halogens is 1. The van der Waals surface area contributed by atoms with Crippen molar-refractivity contribution in [2.24, 2.45) is 5.10 Å². The summed E-state index contributed by atoms with van der Waals surface area (Å²) in [5, 5.41) is 6.85. The fraction of sp³-hybridized carbons (Fsp3) is 0.120. The average molecular weight is 412 g/mol. The van der Waals surface area contributed by atoms with E-state index in [9.17, 15) is 9.18 Å². The number of para-hydroxylation sites is 1. The number of hydrogen-bond donors (Lipinski definition) is 0. The van der Waals surface area contributed by atoms with Gasteiger partial charge in [0.2, 0.25) is 11.7 Å². The lowest BCUT2D eigenvalue weighted by molar-refractivity contribution is -0.0205. The van der Waals surface area contributed by atoms with Gasteiger partial charge in [-0.05, 0) is 29.8 Å². The number of rotatable bonds is 2. The summed E-state index contributed by atoms with van der Waals surface area (Å²) in [7, 11) is 0. The molecule has 4 aromatic rings. The lowest BCUT2D eigenvalue weighted by Crippen LogP contribution is -2.36. The van der Waals surface area contributed by atoms with Crippen LogP contribution in [0.15, 0.2) is 93.4 Å². The van der Waals surface area contributed by atoms with E-state index in [2.05, 4.69) is 0 Å². The summed E-state index contributed by atoms with van der Waals surface area (Å²) in [5.74, 6) is 0.215. The van der Waals surface area contributed by atoms with Crippen molar-refractivity contribution < 1.29 is 13.5 Å². The van der Waals surface area contributed by atoms with Crippen molar-refractivity contribution in [3.05, 3.63) is 112 Å². The van der Waals surface area contributed by atoms with Crippen LogP contribution in [0, 0.1) is 5.82 Å². The average Bonchev–Trinajstić information content (AvgIpc) is 3.26. The molecule has 2 aliphatic rings. The lowest BCUT2D eigenvalue weighted by Gasteiger charge is -2.37. The fourth-order valence-corrected chi connectivity index (χ4v) is 4.33. The van der Waals surface area contributed by atoms with E-state index in [1.54, 1.807) is 0 Å². The molecule has 0 bridgehead atoms. The van der Waals surface area contributed by atoms with E-state index < -0.39 is 12.0 Å². The van der Waals surface area contributed by atoms with Gasteiger partial charge in [0, 0.05) is 12.0 Å². The van der Waals surface area contributed by atoms with Crippen molar-refractivity contribution in [3.8, 4) is 5.75 Å². The highest BCUT2D eigenvalue weighted by molar-refractivity contribution is 6.01. The lowest BCUT2D eigenvalue weighted by atomic mass is 9.96. The Kier molecular flexibility index (Phi) is 3.93. The molecule has 3 heterocycles. The van der Waals surface area contributed by atoms with Crippen molar-refractivity contribution in [3.63, 3.8) is 0 Å². The summed E-state index contributed by atoms with van der Waals surface area (Å²) in [4.78, 5) is 13.3. The Bertz CT molecular complexity index is 1400. The standard InChI is InChI=1S/C25H17FN2O3/c26-16-10-11-22-18(12-16)24(29)19(14-30-22)25-28-21(17-8-4-5-9-23(17)31-25)13-20(27-28)15-6-2-1-3-7-15/h1-12,14,21,25H,13H2/t21-,25-/m0/s1. The van der Waals surface area contributed by atoms with Gasteiger partial charge in [0.15, 0.2) is 0 Å². The molecule has 3 aromatic carbocycles. The van der Waals surface area contributed by atoms with Gasteiger partial charge in [0.1, 0.15) is 23.4 Å². The normalized spacial score (nSPS) is 19.5. The second kappa shape index (κ2) is 6.80. The highest BCUT2D eigenvalue weighted by atomic mass is 19.1. The summed E-state index contributed by atoms with van der Waals surface area (Å²) in [6.45, 7) is 0. The Morgan fingerprint density at radius 2 is 1.77 bits per heavy atom. The summed E-state index contributed by atoms with van der Waals surface area (Å²) >= 11 is 0. The van der Waals surface area contributed by atoms with Crippen LogP contribution in [-0.2, 0) is 0 Å². The molecule has 0 saturated carbocycles. The van der Waals surface area contributed by atoms with Gasteiger partial charge >= 0.3 is 0 Å². The van der Waals surface area contributed by atoms with Crippen molar-refractivity contribution in [1.82, 2.24) is 5.01 Å². The number of hydrogen-bond acceptors (Lipinski definition) is 5. The molecule has 0 fully saturated rings. The molecule has 31 heavy (non-hydrogen) atoms. The summed E-state index contributed by atoms with van der Waals surface area (Å²) in [6, 6.07) is 21.6. The van der Waals surface area contributed by atoms with Gasteiger partial charge in [-0.3, -0.25) is 4.79 Å². The van der Waals surface area contributed by atoms with E-state index in [-0.39, 0.29) is 22.4 Å². The van der Waals surface area contributed by atoms with Crippen molar-refractivity contribution >= 4 is 16.7 Å². The monoisotopic (exact) mass is 412 g/mol. The number of benzene rings is 3. The Morgan fingerprint density at radius 1 is 0.968 bits per heavy atom. The zero-order chi connectivity index (χ0) is 20.9. The van der Waals surface area contributed by atoms with Crippen LogP contribution < -0.4 is 10.2 Å². The topological polar surface area (TPSA) is 55.0 Å². The van der Waals surface area contributed by atoms with E-state index >= 15 is 0 Å². The first-order valence-corrected chi connectivity index (χ1v) is 10.1. The zero-order valence-corrected chi connectivity index (χ0v) is 16.4. The van der Waals surface area contributed by atoms with Crippen LogP contribution in [0.5, 0.6) is 5.75 Å². The molecule has 2 atom stereocenters. The molecule has 2 aliphatic heterocycles. The highest BCUT2D eigenvalue weighted by Gasteiger charge is 2.42. The van der Waals surface area contributed by atoms with Crippen LogP contribution in [0.3, 0.4) is 0 Å². The van der Waals surface area contributed by atoms with E-state index in [1.165, 1.54) is 24.5 Å². The number of hydrazone groups is 1. The molecule has 0 aliphatic carbocycles. The van der Waals surface area contributed by atoms with Gasteiger partial charge in [-0.15, -0.1) is 0 Å². The third-order valence-electron chi connectivity index (χ3n) is 5.83. The molecule has 152 valence electrons. The van der Waals surface area contributed by atoms with E-state index in [0.29, 0.717) is 17.8 Å². The molecule has 0 radical (unpaired) electrons. The fourth-order valence-electron chi connectivity index (χ4n) is 4.33. The van der Waals surface area contributed by atoms with Crippen LogP contribution in [0.2, 0.25) is 0 Å². The highest BCUT2D eigenvalue weighted by Crippen LogP contribution is 2.47. The largest absolute Gasteiger partial charge is 0.464 e. The Hall–Kier alpha value is -3.93. The van der Waals surface area contributed by atoms with Crippen molar-refractivity contribution in [2.75, 3.05) is 0 Å². The first kappa shape index (κ1) is 17.9. The van der Waals surface area contributed by atoms with E-state index in [1.807, 2.05) is 59.6 Å². The first-order chi connectivity index (χ1) is 15.2. The minimum atomic E-state index is -0.773. The smallest absolute Gasteiger partial charge is 0.220 e. The van der Waals surface area contributed by atoms with Crippen LogP contribution >= 0.6 is 0 Å². The zero-order valence-electron chi connectivity index (χ0n) is 16.4. The number of nitrogens with zero attached hydrogens (tertiary/aromatic N) is 2. The molecule has 0 amide bonds. The number of ether oxygens (including phenoxy) is 1. The molecule has 0 N–H and O–H groups in total. The maximum absolute atomic E-state index is 13.8. The van der Waals surface area contributed by atoms with Crippen molar-refractivity contribution in [2.45, 2.75) is 18.7 Å². The Labute approximate surface area is 177 Å². The molecular formula is C25H17FN2O3. The van der Waals surface area contributed by atoms with Gasteiger partial charge in [-0.2, -0.15) is 5.10 Å². The molecule has 0 unspecified atom stereocenters. The third-order valence-corrected chi connectivity index (χ3v) is 5.83. The molecule has 6 rings (SSSR count). The van der Waals surface area contributed by atoms with Gasteiger partial charge in [-0.25, -0.2) is 9.40 Å². The molecule has 0 spiro atoms. The van der Waals surface area contributed by atoms with E-state index in [0.717, 1.165) is 16.8 Å². The molecule has 1 aromatic heterocycles. The summed E-state index contributed by atoms with van der Waals surface area (Å²) < 4.78 is 25.7. The van der Waals surface area contributed by atoms with Gasteiger partial charge in [-0.1, -0.05) is 48.5 Å². The minimum absolute atomic E-state index is 0.0761. The first-order valence-electron chi connectivity index (χ1n) is 10.1. The Balaban J connectivity index is 1.52. The molecule has 0 saturated heterocycles. The maximum Gasteiger partial charge on any atom is 0.220 e. The van der Waals surface area contributed by atoms with Crippen LogP contribution in [-0.4, -0.2) is 10.7 Å². The third kappa shape index (κ3) is 2.83. The number of fused-ring (bicyclic) bond motifs is 4. The molecule has 6 heteroatoms. The van der Waals surface area contributed by atoms with Crippen LogP contribution in [0.4, 0.5) is 4.39 Å². The van der Waals surface area contributed by atoms with Gasteiger partial charge in [0.05, 0.1) is 22.7 Å². The van der Waals surface area contributed by atoms with E-state index in [4.69, 9.17) is 14.3 Å². The SMILES string of the molecule is O=c1c([C@@H]2Oc3ccccc3[C@@H]3CC(c4ccccc4)=NN32)coc2ccc(F)cc12. The van der Waals surface area contributed by atoms with Crippen LogP contribution in [0.25, 0.3) is 11.0 Å². The summed E-state index contributed by atoms with van der Waals surface area (Å²) in [6.07, 6.45) is 1.31. The van der Waals surface area contributed by atoms with Gasteiger partial charge in [0.25, 0.3) is 0 Å². The molecular weight excluding hydrogens is 395 g/mol. The van der Waals surface area contributed by atoms with Gasteiger partial charge < -0.3 is 9.15 Å². The predicted molar refractivity (Wildman–Crippen MR) is 114 cm³/mol. The summed E-state index contributed by atoms with van der Waals surface area (Å²) in [5.41, 5.74) is 3.26. The minimum Gasteiger partial charge on any atom is -0.464 e. The molecule has 5 nitrogen and oxygen atoms in total. The van der Waals surface area contributed by atoms with Crippen molar-refractivity contribution in [1.29, 1.82) is 0 Å².